The largest absolute Gasteiger partial charge is 0.377 e. The molecule has 0 radical (unpaired) electrons. The number of hydrogen-bond donors (Lipinski definition) is 5. The quantitative estimate of drug-likeness (QED) is 0.331. The summed E-state index contributed by atoms with van der Waals surface area (Å²) in [6.07, 6.45) is 4.55. The van der Waals surface area contributed by atoms with Gasteiger partial charge in [-0.05, 0) is 36.9 Å². The zero-order valence-electron chi connectivity index (χ0n) is 12.4. The highest BCUT2D eigenvalue weighted by molar-refractivity contribution is 7.98. The summed E-state index contributed by atoms with van der Waals surface area (Å²) in [7, 11) is 0. The number of hydrogen-bond acceptors (Lipinski definition) is 7. The highest BCUT2D eigenvalue weighted by Gasteiger charge is 2.46. The second-order valence-electron chi connectivity index (χ2n) is 5.56. The first-order valence-corrected chi connectivity index (χ1v) is 10.0. The molecule has 6 nitrogen and oxygen atoms in total. The van der Waals surface area contributed by atoms with Gasteiger partial charge in [-0.1, -0.05) is 0 Å². The summed E-state index contributed by atoms with van der Waals surface area (Å²) in [5.74, 6) is 1.60. The maximum atomic E-state index is 12.5. The molecule has 2 heterocycles. The van der Waals surface area contributed by atoms with Crippen LogP contribution in [0.4, 0.5) is 0 Å². The highest BCUT2D eigenvalue weighted by Crippen LogP contribution is 2.24. The van der Waals surface area contributed by atoms with E-state index in [2.05, 4.69) is 16.0 Å². The molecule has 2 saturated heterocycles. The van der Waals surface area contributed by atoms with Crippen molar-refractivity contribution >= 4 is 29.4 Å². The van der Waals surface area contributed by atoms with Crippen molar-refractivity contribution < 1.29 is 15.0 Å². The Balaban J connectivity index is 1.88. The predicted octanol–water partition coefficient (Wildman–Crippen LogP) is -0.826. The van der Waals surface area contributed by atoms with Crippen LogP contribution in [0.15, 0.2) is 0 Å². The fraction of sp³-hybridized carbons (Fsp3) is 0.923. The van der Waals surface area contributed by atoms with Gasteiger partial charge in [0.25, 0.3) is 0 Å². The molecule has 1 amide bonds. The standard InChI is InChI=1S/C13H25N3O3S2/c1-20-5-3-7(9-12(18)15-9)11(17)14-8(4-6-21-2)10-13(19)16-10/h7-10,12-13,15-16,18-19H,3-6H2,1-2H3,(H,14,17). The Morgan fingerprint density at radius 3 is 2.10 bits per heavy atom. The summed E-state index contributed by atoms with van der Waals surface area (Å²) in [5.41, 5.74) is 0. The highest BCUT2D eigenvalue weighted by atomic mass is 32.2. The summed E-state index contributed by atoms with van der Waals surface area (Å²) >= 11 is 3.43. The lowest BCUT2D eigenvalue weighted by molar-refractivity contribution is -0.126. The number of thioether (sulfide) groups is 2. The number of nitrogens with one attached hydrogen (secondary N) is 3. The lowest BCUT2D eigenvalue weighted by Crippen LogP contribution is -2.45. The molecule has 6 unspecified atom stereocenters. The molecular formula is C13H25N3O3S2. The van der Waals surface area contributed by atoms with E-state index in [1.165, 1.54) is 0 Å². The molecule has 0 spiro atoms. The van der Waals surface area contributed by atoms with Crippen molar-refractivity contribution in [3.8, 4) is 0 Å². The lowest BCUT2D eigenvalue weighted by Gasteiger charge is -2.21. The fourth-order valence-corrected chi connectivity index (χ4v) is 3.53. The first-order valence-electron chi connectivity index (χ1n) is 7.25. The van der Waals surface area contributed by atoms with Crippen LogP contribution in [-0.4, -0.2) is 70.7 Å². The number of carbonyl (C=O) groups excluding carboxylic acids is 1. The van der Waals surface area contributed by atoms with Crippen LogP contribution in [0.25, 0.3) is 0 Å². The van der Waals surface area contributed by atoms with Gasteiger partial charge in [0.05, 0.1) is 18.0 Å². The van der Waals surface area contributed by atoms with Gasteiger partial charge in [0.1, 0.15) is 12.5 Å². The SMILES string of the molecule is CSCCC(NC(=O)C(CCSC)C1NC1O)C1NC1O. The average molecular weight is 335 g/mol. The summed E-state index contributed by atoms with van der Waals surface area (Å²) < 4.78 is 0. The van der Waals surface area contributed by atoms with Gasteiger partial charge in [-0.3, -0.25) is 15.4 Å². The first-order chi connectivity index (χ1) is 10.1. The molecule has 0 aromatic carbocycles. The van der Waals surface area contributed by atoms with E-state index in [-0.39, 0.29) is 30.0 Å². The van der Waals surface area contributed by atoms with E-state index in [0.717, 1.165) is 24.3 Å². The van der Waals surface area contributed by atoms with E-state index in [0.29, 0.717) is 0 Å². The molecule has 21 heavy (non-hydrogen) atoms. The number of aliphatic hydroxyl groups excluding tert-OH is 2. The van der Waals surface area contributed by atoms with Crippen molar-refractivity contribution in [3.05, 3.63) is 0 Å². The number of amides is 1. The van der Waals surface area contributed by atoms with Crippen molar-refractivity contribution in [2.45, 2.75) is 43.4 Å². The molecule has 0 aliphatic carbocycles. The van der Waals surface area contributed by atoms with Crippen LogP contribution in [0.3, 0.4) is 0 Å². The Labute approximate surface area is 134 Å². The third kappa shape index (κ3) is 5.01. The van der Waals surface area contributed by atoms with Crippen LogP contribution in [0.5, 0.6) is 0 Å². The minimum Gasteiger partial charge on any atom is -0.377 e. The monoisotopic (exact) mass is 335 g/mol. The Bertz CT molecular complexity index is 362. The summed E-state index contributed by atoms with van der Waals surface area (Å²) in [5, 5.41) is 28.0. The molecule has 6 atom stereocenters. The molecule has 8 heteroatoms. The van der Waals surface area contributed by atoms with Crippen LogP contribution in [0.2, 0.25) is 0 Å². The van der Waals surface area contributed by atoms with Crippen LogP contribution in [0, 0.1) is 5.92 Å². The molecule has 0 bridgehead atoms. The Morgan fingerprint density at radius 2 is 1.62 bits per heavy atom. The maximum Gasteiger partial charge on any atom is 0.225 e. The Hall–Kier alpha value is 0.01000. The average Bonchev–Trinajstić information content (AvgIpc) is 3.35. The normalized spacial score (nSPS) is 33.3. The molecule has 5 N–H and O–H groups in total. The van der Waals surface area contributed by atoms with E-state index in [4.69, 9.17) is 0 Å². The zero-order chi connectivity index (χ0) is 15.4. The lowest BCUT2D eigenvalue weighted by atomic mass is 9.99. The second-order valence-corrected chi connectivity index (χ2v) is 7.53. The Morgan fingerprint density at radius 1 is 1.10 bits per heavy atom. The van der Waals surface area contributed by atoms with Crippen LogP contribution < -0.4 is 16.0 Å². The summed E-state index contributed by atoms with van der Waals surface area (Å²) in [4.78, 5) is 12.5. The second kappa shape index (κ2) is 8.03. The molecule has 122 valence electrons. The summed E-state index contributed by atoms with van der Waals surface area (Å²) in [6, 6.07) is -0.220. The molecule has 2 aliphatic rings. The van der Waals surface area contributed by atoms with Gasteiger partial charge in [-0.15, -0.1) is 0 Å². The number of rotatable bonds is 10. The third-order valence-corrected chi connectivity index (χ3v) is 5.27. The number of aliphatic hydroxyl groups is 2. The van der Waals surface area contributed by atoms with Gasteiger partial charge in [0, 0.05) is 6.04 Å². The molecule has 2 rings (SSSR count). The van der Waals surface area contributed by atoms with E-state index >= 15 is 0 Å². The van der Waals surface area contributed by atoms with Gasteiger partial charge in [0.2, 0.25) is 5.91 Å². The minimum atomic E-state index is -0.558. The van der Waals surface area contributed by atoms with Crippen molar-refractivity contribution in [2.75, 3.05) is 24.0 Å². The molecule has 0 aromatic rings. The zero-order valence-corrected chi connectivity index (χ0v) is 14.0. The molecule has 2 aliphatic heterocycles. The van der Waals surface area contributed by atoms with Gasteiger partial charge < -0.3 is 15.5 Å². The fourth-order valence-electron chi connectivity index (χ4n) is 2.55. The molecule has 0 aromatic heterocycles. The van der Waals surface area contributed by atoms with Crippen molar-refractivity contribution in [1.82, 2.24) is 16.0 Å². The van der Waals surface area contributed by atoms with E-state index in [1.807, 2.05) is 12.5 Å². The summed E-state index contributed by atoms with van der Waals surface area (Å²) in [6.45, 7) is 0. The third-order valence-electron chi connectivity index (χ3n) is 3.99. The number of carbonyl (C=O) groups is 1. The van der Waals surface area contributed by atoms with Crippen molar-refractivity contribution in [2.24, 2.45) is 5.92 Å². The van der Waals surface area contributed by atoms with Crippen molar-refractivity contribution in [3.63, 3.8) is 0 Å². The van der Waals surface area contributed by atoms with E-state index in [9.17, 15) is 15.0 Å². The van der Waals surface area contributed by atoms with Gasteiger partial charge in [-0.25, -0.2) is 0 Å². The first kappa shape index (κ1) is 17.4. The Kier molecular flexibility index (Phi) is 6.64. The molecular weight excluding hydrogens is 310 g/mol. The minimum absolute atomic E-state index is 0.0231. The van der Waals surface area contributed by atoms with Gasteiger partial charge in [0.15, 0.2) is 0 Å². The van der Waals surface area contributed by atoms with Crippen LogP contribution >= 0.6 is 23.5 Å². The molecule has 2 fully saturated rings. The van der Waals surface area contributed by atoms with Crippen LogP contribution in [-0.2, 0) is 4.79 Å². The topological polar surface area (TPSA) is 113 Å². The molecule has 0 saturated carbocycles. The van der Waals surface area contributed by atoms with Gasteiger partial charge >= 0.3 is 0 Å². The van der Waals surface area contributed by atoms with Crippen molar-refractivity contribution in [1.29, 1.82) is 0 Å². The van der Waals surface area contributed by atoms with Gasteiger partial charge in [-0.2, -0.15) is 23.5 Å². The van der Waals surface area contributed by atoms with E-state index < -0.39 is 12.5 Å². The predicted molar refractivity (Wildman–Crippen MR) is 87.3 cm³/mol. The van der Waals surface area contributed by atoms with E-state index in [1.54, 1.807) is 23.5 Å². The smallest absolute Gasteiger partial charge is 0.225 e. The van der Waals surface area contributed by atoms with Crippen LogP contribution in [0.1, 0.15) is 12.8 Å². The maximum absolute atomic E-state index is 12.5.